The van der Waals surface area contributed by atoms with Gasteiger partial charge in [0.1, 0.15) is 5.69 Å². The standard InChI is InChI=1S/C15H16N2O3S/c1-3-10-6-7-21-13(10)8-16-14(18)12-5-4-11(15(19)20)9(2)17-12/h4-7H,3,8H2,1-2H3,(H,16,18)(H,19,20). The lowest BCUT2D eigenvalue weighted by molar-refractivity contribution is 0.0694. The molecule has 0 saturated heterocycles. The Labute approximate surface area is 126 Å². The second-order valence-electron chi connectivity index (χ2n) is 4.54. The van der Waals surface area contributed by atoms with Crippen molar-refractivity contribution >= 4 is 23.2 Å². The summed E-state index contributed by atoms with van der Waals surface area (Å²) >= 11 is 1.61. The SMILES string of the molecule is CCc1ccsc1CNC(=O)c1ccc(C(=O)O)c(C)n1. The molecule has 0 atom stereocenters. The smallest absolute Gasteiger partial charge is 0.337 e. The van der Waals surface area contributed by atoms with E-state index in [1.54, 1.807) is 18.3 Å². The largest absolute Gasteiger partial charge is 0.478 e. The van der Waals surface area contributed by atoms with E-state index in [0.29, 0.717) is 12.2 Å². The maximum atomic E-state index is 12.1. The summed E-state index contributed by atoms with van der Waals surface area (Å²) in [5, 5.41) is 13.8. The number of rotatable bonds is 5. The van der Waals surface area contributed by atoms with Crippen LogP contribution in [0.25, 0.3) is 0 Å². The molecule has 2 aromatic heterocycles. The Kier molecular flexibility index (Phi) is 4.70. The zero-order valence-corrected chi connectivity index (χ0v) is 12.7. The van der Waals surface area contributed by atoms with Crippen molar-refractivity contribution < 1.29 is 14.7 Å². The fraction of sp³-hybridized carbons (Fsp3) is 0.267. The normalized spacial score (nSPS) is 10.4. The van der Waals surface area contributed by atoms with E-state index in [2.05, 4.69) is 23.3 Å². The van der Waals surface area contributed by atoms with Gasteiger partial charge in [0.2, 0.25) is 0 Å². The highest BCUT2D eigenvalue weighted by molar-refractivity contribution is 7.10. The number of hydrogen-bond acceptors (Lipinski definition) is 4. The van der Waals surface area contributed by atoms with Crippen molar-refractivity contribution in [3.63, 3.8) is 0 Å². The second kappa shape index (κ2) is 6.49. The Morgan fingerprint density at radius 1 is 1.33 bits per heavy atom. The van der Waals surface area contributed by atoms with Crippen LogP contribution in [-0.2, 0) is 13.0 Å². The quantitative estimate of drug-likeness (QED) is 0.890. The van der Waals surface area contributed by atoms with Crippen LogP contribution in [0.4, 0.5) is 0 Å². The third kappa shape index (κ3) is 3.46. The van der Waals surface area contributed by atoms with E-state index in [1.165, 1.54) is 17.7 Å². The molecule has 2 aromatic rings. The van der Waals surface area contributed by atoms with Crippen LogP contribution in [0, 0.1) is 6.92 Å². The summed E-state index contributed by atoms with van der Waals surface area (Å²) in [6.07, 6.45) is 0.930. The summed E-state index contributed by atoms with van der Waals surface area (Å²) in [6, 6.07) is 4.89. The minimum Gasteiger partial charge on any atom is -0.478 e. The van der Waals surface area contributed by atoms with Crippen molar-refractivity contribution in [2.24, 2.45) is 0 Å². The molecule has 0 aromatic carbocycles. The summed E-state index contributed by atoms with van der Waals surface area (Å²) in [5.41, 5.74) is 1.90. The van der Waals surface area contributed by atoms with Crippen molar-refractivity contribution in [2.45, 2.75) is 26.8 Å². The van der Waals surface area contributed by atoms with Crippen LogP contribution >= 0.6 is 11.3 Å². The Bertz CT molecular complexity index is 679. The average Bonchev–Trinajstić information content (AvgIpc) is 2.91. The molecule has 0 aliphatic rings. The third-order valence-electron chi connectivity index (χ3n) is 3.18. The third-order valence-corrected chi connectivity index (χ3v) is 4.14. The molecule has 2 rings (SSSR count). The van der Waals surface area contributed by atoms with E-state index in [-0.39, 0.29) is 17.2 Å². The van der Waals surface area contributed by atoms with Gasteiger partial charge in [-0.25, -0.2) is 9.78 Å². The number of hydrogen-bond donors (Lipinski definition) is 2. The molecule has 0 fully saturated rings. The van der Waals surface area contributed by atoms with E-state index >= 15 is 0 Å². The fourth-order valence-corrected chi connectivity index (χ4v) is 2.92. The fourth-order valence-electron chi connectivity index (χ4n) is 2.00. The zero-order valence-electron chi connectivity index (χ0n) is 11.8. The lowest BCUT2D eigenvalue weighted by atomic mass is 10.2. The van der Waals surface area contributed by atoms with Crippen LogP contribution in [0.15, 0.2) is 23.6 Å². The zero-order chi connectivity index (χ0) is 15.4. The molecule has 6 heteroatoms. The molecule has 110 valence electrons. The van der Waals surface area contributed by atoms with Gasteiger partial charge in [0.05, 0.1) is 17.8 Å². The molecule has 1 amide bonds. The minimum absolute atomic E-state index is 0.109. The number of pyridine rings is 1. The minimum atomic E-state index is -1.04. The van der Waals surface area contributed by atoms with Crippen LogP contribution in [0.5, 0.6) is 0 Å². The first kappa shape index (κ1) is 15.2. The molecule has 5 nitrogen and oxygen atoms in total. The van der Waals surface area contributed by atoms with Gasteiger partial charge < -0.3 is 10.4 Å². The van der Waals surface area contributed by atoms with E-state index in [9.17, 15) is 9.59 Å². The van der Waals surface area contributed by atoms with Crippen LogP contribution in [0.3, 0.4) is 0 Å². The highest BCUT2D eigenvalue weighted by atomic mass is 32.1. The van der Waals surface area contributed by atoms with Gasteiger partial charge in [0.15, 0.2) is 0 Å². The lowest BCUT2D eigenvalue weighted by Gasteiger charge is -2.07. The molecule has 2 heterocycles. The number of amides is 1. The molecule has 21 heavy (non-hydrogen) atoms. The maximum absolute atomic E-state index is 12.1. The second-order valence-corrected chi connectivity index (χ2v) is 5.54. The van der Waals surface area contributed by atoms with Crippen molar-refractivity contribution in [1.82, 2.24) is 10.3 Å². The van der Waals surface area contributed by atoms with E-state index in [0.717, 1.165) is 11.3 Å². The summed E-state index contributed by atoms with van der Waals surface area (Å²) < 4.78 is 0. The topological polar surface area (TPSA) is 79.3 Å². The molecule has 0 spiro atoms. The summed E-state index contributed by atoms with van der Waals surface area (Å²) in [7, 11) is 0. The van der Waals surface area contributed by atoms with Gasteiger partial charge >= 0.3 is 5.97 Å². The molecular formula is C15H16N2O3S. The molecular weight excluding hydrogens is 288 g/mol. The predicted octanol–water partition coefficient (Wildman–Crippen LogP) is 2.64. The number of nitrogens with zero attached hydrogens (tertiary/aromatic N) is 1. The highest BCUT2D eigenvalue weighted by Gasteiger charge is 2.13. The van der Waals surface area contributed by atoms with Crippen LogP contribution in [0.2, 0.25) is 0 Å². The van der Waals surface area contributed by atoms with Gasteiger partial charge in [-0.1, -0.05) is 6.92 Å². The first-order valence-electron chi connectivity index (χ1n) is 6.57. The van der Waals surface area contributed by atoms with Gasteiger partial charge in [-0.3, -0.25) is 4.79 Å². The Hall–Kier alpha value is -2.21. The van der Waals surface area contributed by atoms with Crippen molar-refractivity contribution in [1.29, 1.82) is 0 Å². The molecule has 0 radical (unpaired) electrons. The lowest BCUT2D eigenvalue weighted by Crippen LogP contribution is -2.24. The Morgan fingerprint density at radius 3 is 2.71 bits per heavy atom. The average molecular weight is 304 g/mol. The number of aryl methyl sites for hydroxylation is 2. The molecule has 0 saturated carbocycles. The summed E-state index contributed by atoms with van der Waals surface area (Å²) in [4.78, 5) is 28.1. The van der Waals surface area contributed by atoms with Crippen LogP contribution in [-0.4, -0.2) is 22.0 Å². The monoisotopic (exact) mass is 304 g/mol. The number of carbonyl (C=O) groups excluding carboxylic acids is 1. The number of nitrogens with one attached hydrogen (secondary N) is 1. The Balaban J connectivity index is 2.07. The molecule has 2 N–H and O–H groups in total. The summed E-state index contributed by atoms with van der Waals surface area (Å²) in [5.74, 6) is -1.34. The van der Waals surface area contributed by atoms with Crippen LogP contribution < -0.4 is 5.32 Å². The van der Waals surface area contributed by atoms with Crippen LogP contribution in [0.1, 0.15) is 43.9 Å². The van der Waals surface area contributed by atoms with Crippen molar-refractivity contribution in [2.75, 3.05) is 0 Å². The number of carboxylic acid groups (broad SMARTS) is 1. The van der Waals surface area contributed by atoms with E-state index < -0.39 is 5.97 Å². The number of aromatic carboxylic acids is 1. The maximum Gasteiger partial charge on any atom is 0.337 e. The van der Waals surface area contributed by atoms with Crippen molar-refractivity contribution in [3.05, 3.63) is 51.0 Å². The van der Waals surface area contributed by atoms with Gasteiger partial charge in [-0.2, -0.15) is 0 Å². The molecule has 0 unspecified atom stereocenters. The molecule has 0 aliphatic heterocycles. The Morgan fingerprint density at radius 2 is 2.10 bits per heavy atom. The highest BCUT2D eigenvalue weighted by Crippen LogP contribution is 2.17. The summed E-state index contributed by atoms with van der Waals surface area (Å²) in [6.45, 7) is 4.11. The van der Waals surface area contributed by atoms with Gasteiger partial charge in [-0.05, 0) is 42.5 Å². The van der Waals surface area contributed by atoms with Gasteiger partial charge in [0.25, 0.3) is 5.91 Å². The van der Waals surface area contributed by atoms with Gasteiger partial charge in [0, 0.05) is 4.88 Å². The molecule has 0 bridgehead atoms. The molecule has 0 aliphatic carbocycles. The first-order chi connectivity index (χ1) is 10.0. The van der Waals surface area contributed by atoms with Crippen molar-refractivity contribution in [3.8, 4) is 0 Å². The number of thiophene rings is 1. The first-order valence-corrected chi connectivity index (χ1v) is 7.45. The predicted molar refractivity (Wildman–Crippen MR) is 80.8 cm³/mol. The van der Waals surface area contributed by atoms with E-state index in [1.807, 2.05) is 5.38 Å². The van der Waals surface area contributed by atoms with Gasteiger partial charge in [-0.15, -0.1) is 11.3 Å². The number of carboxylic acids is 1. The number of aromatic nitrogens is 1. The van der Waals surface area contributed by atoms with E-state index in [4.69, 9.17) is 5.11 Å². The number of carbonyl (C=O) groups is 2.